The van der Waals surface area contributed by atoms with Gasteiger partial charge in [-0.3, -0.25) is 9.69 Å². The second-order valence-electron chi connectivity index (χ2n) is 6.80. The van der Waals surface area contributed by atoms with Gasteiger partial charge in [0.1, 0.15) is 5.00 Å². The van der Waals surface area contributed by atoms with Gasteiger partial charge in [-0.15, -0.1) is 11.3 Å². The molecule has 0 bridgehead atoms. The van der Waals surface area contributed by atoms with Crippen molar-refractivity contribution in [3.8, 4) is 0 Å². The number of aryl methyl sites for hydroxylation is 1. The van der Waals surface area contributed by atoms with E-state index in [1.54, 1.807) is 6.92 Å². The van der Waals surface area contributed by atoms with E-state index in [1.807, 2.05) is 4.90 Å². The van der Waals surface area contributed by atoms with Crippen LogP contribution in [0.15, 0.2) is 5.18 Å². The highest BCUT2D eigenvalue weighted by Crippen LogP contribution is 2.38. The number of ether oxygens (including phenoxy) is 1. The molecule has 1 saturated heterocycles. The number of carbonyl (C=O) groups is 2. The first-order valence-electron chi connectivity index (χ1n) is 9.28. The lowest BCUT2D eigenvalue weighted by Crippen LogP contribution is -2.40. The monoisotopic (exact) mass is 379 g/mol. The summed E-state index contributed by atoms with van der Waals surface area (Å²) in [5.41, 5.74) is 1.59. The molecule has 0 radical (unpaired) electrons. The molecule has 3 rings (SSSR count). The third-order valence-electron chi connectivity index (χ3n) is 4.98. The maximum atomic E-state index is 12.5. The summed E-state index contributed by atoms with van der Waals surface area (Å²) in [6.07, 6.45) is 5.37. The summed E-state index contributed by atoms with van der Waals surface area (Å²) in [6.45, 7) is 3.74. The fraction of sp³-hybridized carbons (Fsp3) is 0.667. The summed E-state index contributed by atoms with van der Waals surface area (Å²) in [6, 6.07) is -0.131. The predicted molar refractivity (Wildman–Crippen MR) is 101 cm³/mol. The van der Waals surface area contributed by atoms with Crippen LogP contribution in [0.4, 0.5) is 5.00 Å². The topological polar surface area (TPSA) is 88.1 Å². The quantitative estimate of drug-likeness (QED) is 0.606. The van der Waals surface area contributed by atoms with E-state index in [2.05, 4.69) is 10.5 Å². The van der Waals surface area contributed by atoms with Gasteiger partial charge < -0.3 is 10.1 Å². The fourth-order valence-corrected chi connectivity index (χ4v) is 4.92. The zero-order chi connectivity index (χ0) is 18.5. The van der Waals surface area contributed by atoms with Crippen molar-refractivity contribution in [2.75, 3.05) is 31.6 Å². The summed E-state index contributed by atoms with van der Waals surface area (Å²) in [4.78, 5) is 38.7. The molecule has 1 aliphatic heterocycles. The summed E-state index contributed by atoms with van der Waals surface area (Å²) < 4.78 is 5.21. The Bertz CT molecular complexity index is 680. The standard InChI is InChI=1S/C18H25N3O4S/c1-2-25-18(23)16-13-5-3-4-6-14(13)26-17(16)19-15(22)11-21-9-7-12(20-24)8-10-21/h12H,2-11H2,1H3,(H,19,22). The normalized spacial score (nSPS) is 18.2. The minimum absolute atomic E-state index is 0.131. The Morgan fingerprint density at radius 3 is 2.69 bits per heavy atom. The van der Waals surface area contributed by atoms with Crippen LogP contribution in [0.25, 0.3) is 0 Å². The van der Waals surface area contributed by atoms with Crippen LogP contribution in [-0.4, -0.2) is 49.1 Å². The van der Waals surface area contributed by atoms with Gasteiger partial charge >= 0.3 is 5.97 Å². The fourth-order valence-electron chi connectivity index (χ4n) is 3.63. The van der Waals surface area contributed by atoms with Crippen molar-refractivity contribution in [1.29, 1.82) is 0 Å². The van der Waals surface area contributed by atoms with Crippen molar-refractivity contribution in [2.24, 2.45) is 5.18 Å². The number of hydrogen-bond acceptors (Lipinski definition) is 7. The maximum Gasteiger partial charge on any atom is 0.341 e. The molecule has 1 aromatic heterocycles. The number of likely N-dealkylation sites (tertiary alicyclic amines) is 1. The Morgan fingerprint density at radius 1 is 1.27 bits per heavy atom. The first kappa shape index (κ1) is 19.0. The van der Waals surface area contributed by atoms with Crippen LogP contribution in [-0.2, 0) is 22.4 Å². The van der Waals surface area contributed by atoms with E-state index in [-0.39, 0.29) is 24.5 Å². The first-order chi connectivity index (χ1) is 12.6. The number of piperidine rings is 1. The van der Waals surface area contributed by atoms with E-state index in [1.165, 1.54) is 16.2 Å². The van der Waals surface area contributed by atoms with Crippen molar-refractivity contribution < 1.29 is 14.3 Å². The van der Waals surface area contributed by atoms with Gasteiger partial charge in [-0.25, -0.2) is 4.79 Å². The van der Waals surface area contributed by atoms with Gasteiger partial charge in [-0.2, -0.15) is 4.91 Å². The van der Waals surface area contributed by atoms with Crippen LogP contribution in [0.5, 0.6) is 0 Å². The van der Waals surface area contributed by atoms with Crippen LogP contribution >= 0.6 is 11.3 Å². The number of rotatable bonds is 6. The average molecular weight is 379 g/mol. The van der Waals surface area contributed by atoms with Gasteiger partial charge in [0.25, 0.3) is 0 Å². The lowest BCUT2D eigenvalue weighted by molar-refractivity contribution is -0.117. The third kappa shape index (κ3) is 4.29. The van der Waals surface area contributed by atoms with Gasteiger partial charge in [0, 0.05) is 18.0 Å². The molecule has 0 unspecified atom stereocenters. The minimum Gasteiger partial charge on any atom is -0.462 e. The lowest BCUT2D eigenvalue weighted by Gasteiger charge is -2.28. The number of nitrogens with zero attached hydrogens (tertiary/aromatic N) is 2. The van der Waals surface area contributed by atoms with Crippen LogP contribution in [0.2, 0.25) is 0 Å². The Labute approximate surface area is 157 Å². The molecule has 7 nitrogen and oxygen atoms in total. The zero-order valence-electron chi connectivity index (χ0n) is 15.1. The van der Waals surface area contributed by atoms with E-state index in [9.17, 15) is 14.5 Å². The molecule has 0 saturated carbocycles. The minimum atomic E-state index is -0.347. The molecule has 1 aromatic rings. The summed E-state index contributed by atoms with van der Waals surface area (Å²) >= 11 is 1.50. The van der Waals surface area contributed by atoms with E-state index in [0.717, 1.165) is 31.2 Å². The molecular weight excluding hydrogens is 354 g/mol. The van der Waals surface area contributed by atoms with Crippen LogP contribution in [0.1, 0.15) is 53.4 Å². The number of fused-ring (bicyclic) bond motifs is 1. The molecule has 2 aliphatic rings. The molecule has 0 atom stereocenters. The van der Waals surface area contributed by atoms with Gasteiger partial charge in [0.15, 0.2) is 0 Å². The number of nitroso groups, excluding NO2 is 1. The van der Waals surface area contributed by atoms with Crippen LogP contribution in [0.3, 0.4) is 0 Å². The van der Waals surface area contributed by atoms with Crippen LogP contribution in [0, 0.1) is 4.91 Å². The van der Waals surface area contributed by atoms with Crippen molar-refractivity contribution >= 4 is 28.2 Å². The van der Waals surface area contributed by atoms with Crippen molar-refractivity contribution in [3.05, 3.63) is 20.9 Å². The van der Waals surface area contributed by atoms with Crippen molar-refractivity contribution in [2.45, 2.75) is 51.5 Å². The third-order valence-corrected chi connectivity index (χ3v) is 6.18. The highest BCUT2D eigenvalue weighted by atomic mass is 32.1. The largest absolute Gasteiger partial charge is 0.462 e. The summed E-state index contributed by atoms with van der Waals surface area (Å²) in [5.74, 6) is -0.480. The maximum absolute atomic E-state index is 12.5. The highest BCUT2D eigenvalue weighted by molar-refractivity contribution is 7.17. The molecule has 26 heavy (non-hydrogen) atoms. The smallest absolute Gasteiger partial charge is 0.341 e. The van der Waals surface area contributed by atoms with Crippen molar-refractivity contribution in [3.63, 3.8) is 0 Å². The molecular formula is C18H25N3O4S. The average Bonchev–Trinajstić information content (AvgIpc) is 3.00. The number of esters is 1. The molecule has 1 aliphatic carbocycles. The number of hydrogen-bond donors (Lipinski definition) is 1. The number of anilines is 1. The van der Waals surface area contributed by atoms with Crippen LogP contribution < -0.4 is 5.32 Å². The van der Waals surface area contributed by atoms with E-state index < -0.39 is 0 Å². The van der Waals surface area contributed by atoms with Gasteiger partial charge in [-0.05, 0) is 51.0 Å². The SMILES string of the molecule is CCOC(=O)c1c(NC(=O)CN2CCC(N=O)CC2)sc2c1CCCC2. The number of amides is 1. The Morgan fingerprint density at radius 2 is 2.00 bits per heavy atom. The zero-order valence-corrected chi connectivity index (χ0v) is 15.9. The molecule has 8 heteroatoms. The molecule has 2 heterocycles. The lowest BCUT2D eigenvalue weighted by atomic mass is 9.95. The molecule has 0 aromatic carbocycles. The summed E-state index contributed by atoms with van der Waals surface area (Å²) in [5, 5.41) is 6.63. The second-order valence-corrected chi connectivity index (χ2v) is 7.90. The summed E-state index contributed by atoms with van der Waals surface area (Å²) in [7, 11) is 0. The number of carbonyl (C=O) groups excluding carboxylic acids is 2. The number of nitrogens with one attached hydrogen (secondary N) is 1. The molecule has 1 amide bonds. The van der Waals surface area contributed by atoms with Gasteiger partial charge in [0.05, 0.1) is 24.8 Å². The molecule has 0 spiro atoms. The van der Waals surface area contributed by atoms with E-state index in [4.69, 9.17) is 4.74 Å². The Balaban J connectivity index is 1.68. The Kier molecular flexibility index (Phi) is 6.37. The number of thiophene rings is 1. The van der Waals surface area contributed by atoms with E-state index >= 15 is 0 Å². The van der Waals surface area contributed by atoms with Gasteiger partial charge in [0.2, 0.25) is 5.91 Å². The van der Waals surface area contributed by atoms with Crippen molar-refractivity contribution in [1.82, 2.24) is 4.90 Å². The van der Waals surface area contributed by atoms with Gasteiger partial charge in [-0.1, -0.05) is 5.18 Å². The second kappa shape index (κ2) is 8.73. The molecule has 1 N–H and O–H groups in total. The highest BCUT2D eigenvalue weighted by Gasteiger charge is 2.28. The van der Waals surface area contributed by atoms with E-state index in [0.29, 0.717) is 43.1 Å². The predicted octanol–water partition coefficient (Wildman–Crippen LogP) is 2.97. The molecule has 142 valence electrons. The Hall–Kier alpha value is -1.80. The molecule has 1 fully saturated rings. The first-order valence-corrected chi connectivity index (χ1v) is 10.1.